The van der Waals surface area contributed by atoms with Crippen LogP contribution < -0.4 is 0 Å². The Bertz CT molecular complexity index is 256. The summed E-state index contributed by atoms with van der Waals surface area (Å²) in [5.41, 5.74) is 0.0488. The van der Waals surface area contributed by atoms with Crippen molar-refractivity contribution < 1.29 is 18.9 Å². The molecule has 0 amide bonds. The van der Waals surface area contributed by atoms with Gasteiger partial charge in [0.05, 0.1) is 25.9 Å². The van der Waals surface area contributed by atoms with E-state index >= 15 is 0 Å². The predicted molar refractivity (Wildman–Crippen MR) is 57.2 cm³/mol. The highest BCUT2D eigenvalue weighted by atomic mass is 16.8. The van der Waals surface area contributed by atoms with Gasteiger partial charge in [-0.2, -0.15) is 0 Å². The monoisotopic (exact) mass is 228 g/mol. The molecule has 2 heterocycles. The van der Waals surface area contributed by atoms with Gasteiger partial charge < -0.3 is 18.9 Å². The maximum absolute atomic E-state index is 5.97. The first-order valence-corrected chi connectivity index (χ1v) is 6.26. The van der Waals surface area contributed by atoms with Gasteiger partial charge in [0.1, 0.15) is 12.2 Å². The fourth-order valence-electron chi connectivity index (χ4n) is 2.73. The molecule has 2 atom stereocenters. The van der Waals surface area contributed by atoms with Crippen molar-refractivity contribution in [2.45, 2.75) is 50.1 Å². The zero-order chi connectivity index (χ0) is 11.1. The minimum Gasteiger partial charge on any atom is -0.370 e. The molecule has 1 saturated carbocycles. The number of hydrogen-bond acceptors (Lipinski definition) is 4. The van der Waals surface area contributed by atoms with Crippen LogP contribution in [-0.4, -0.2) is 43.9 Å². The van der Waals surface area contributed by atoms with Crippen LogP contribution in [-0.2, 0) is 18.9 Å². The van der Waals surface area contributed by atoms with E-state index in [2.05, 4.69) is 0 Å². The van der Waals surface area contributed by atoms with Crippen molar-refractivity contribution in [3.8, 4) is 0 Å². The first-order valence-electron chi connectivity index (χ1n) is 6.26. The Kier molecular flexibility index (Phi) is 2.70. The summed E-state index contributed by atoms with van der Waals surface area (Å²) < 4.78 is 22.6. The van der Waals surface area contributed by atoms with Crippen molar-refractivity contribution in [1.29, 1.82) is 0 Å². The van der Waals surface area contributed by atoms with Gasteiger partial charge in [-0.25, -0.2) is 0 Å². The fourth-order valence-corrected chi connectivity index (χ4v) is 2.73. The molecule has 3 rings (SSSR count). The van der Waals surface area contributed by atoms with E-state index in [0.29, 0.717) is 19.8 Å². The summed E-state index contributed by atoms with van der Waals surface area (Å²) in [5, 5.41) is 0. The van der Waals surface area contributed by atoms with Crippen molar-refractivity contribution in [1.82, 2.24) is 0 Å². The highest BCUT2D eigenvalue weighted by Crippen LogP contribution is 2.43. The first-order chi connectivity index (χ1) is 7.73. The Morgan fingerprint density at radius 1 is 1.19 bits per heavy atom. The summed E-state index contributed by atoms with van der Waals surface area (Å²) in [7, 11) is 0. The molecule has 4 heteroatoms. The maximum atomic E-state index is 5.97. The molecular weight excluding hydrogens is 208 g/mol. The van der Waals surface area contributed by atoms with Gasteiger partial charge in [-0.05, 0) is 19.8 Å². The highest BCUT2D eigenvalue weighted by molar-refractivity contribution is 5.02. The maximum Gasteiger partial charge on any atom is 0.189 e. The lowest BCUT2D eigenvalue weighted by Gasteiger charge is -2.32. The van der Waals surface area contributed by atoms with E-state index in [4.69, 9.17) is 18.9 Å². The lowest BCUT2D eigenvalue weighted by Crippen LogP contribution is -2.41. The van der Waals surface area contributed by atoms with E-state index in [-0.39, 0.29) is 11.7 Å². The van der Waals surface area contributed by atoms with Crippen LogP contribution in [0.5, 0.6) is 0 Å². The lowest BCUT2D eigenvalue weighted by atomic mass is 9.87. The third-order valence-electron chi connectivity index (χ3n) is 3.86. The van der Waals surface area contributed by atoms with E-state index in [1.54, 1.807) is 0 Å². The quantitative estimate of drug-likeness (QED) is 0.686. The molecule has 4 nitrogen and oxygen atoms in total. The van der Waals surface area contributed by atoms with Crippen LogP contribution in [0.25, 0.3) is 0 Å². The minimum atomic E-state index is -0.534. The Balaban J connectivity index is 1.54. The molecule has 0 N–H and O–H groups in total. The number of rotatable bonds is 3. The van der Waals surface area contributed by atoms with Crippen molar-refractivity contribution in [3.05, 3.63) is 0 Å². The molecule has 16 heavy (non-hydrogen) atoms. The van der Waals surface area contributed by atoms with Crippen LogP contribution in [0.3, 0.4) is 0 Å². The second kappa shape index (κ2) is 3.95. The van der Waals surface area contributed by atoms with E-state index in [1.165, 1.54) is 12.8 Å². The van der Waals surface area contributed by atoms with Gasteiger partial charge in [0.15, 0.2) is 5.79 Å². The summed E-state index contributed by atoms with van der Waals surface area (Å²) in [4.78, 5) is 0. The van der Waals surface area contributed by atoms with Crippen LogP contribution in [0.4, 0.5) is 0 Å². The molecule has 0 bridgehead atoms. The third kappa shape index (κ3) is 1.99. The van der Waals surface area contributed by atoms with Gasteiger partial charge in [0.25, 0.3) is 0 Å². The lowest BCUT2D eigenvalue weighted by molar-refractivity contribution is -0.198. The standard InChI is InChI=1S/C12H20O4/c1-11(14-6-7-15-11)8-13-10-4-2-3-5-12(10)9-16-12/h10H,2-9H2,1H3. The van der Waals surface area contributed by atoms with Crippen molar-refractivity contribution in [2.24, 2.45) is 0 Å². The molecule has 2 saturated heterocycles. The average Bonchev–Trinajstić information content (AvgIpc) is 2.91. The van der Waals surface area contributed by atoms with Crippen molar-refractivity contribution in [3.63, 3.8) is 0 Å². The molecule has 2 unspecified atom stereocenters. The van der Waals surface area contributed by atoms with E-state index < -0.39 is 5.79 Å². The van der Waals surface area contributed by atoms with Crippen molar-refractivity contribution in [2.75, 3.05) is 26.4 Å². The Morgan fingerprint density at radius 2 is 1.94 bits per heavy atom. The molecule has 1 spiro atoms. The summed E-state index contributed by atoms with van der Waals surface area (Å²) in [6.07, 6.45) is 5.01. The Hall–Kier alpha value is -0.160. The van der Waals surface area contributed by atoms with Gasteiger partial charge in [-0.15, -0.1) is 0 Å². The van der Waals surface area contributed by atoms with Crippen molar-refractivity contribution >= 4 is 0 Å². The van der Waals surface area contributed by atoms with Gasteiger partial charge in [-0.1, -0.05) is 12.8 Å². The largest absolute Gasteiger partial charge is 0.370 e. The van der Waals surface area contributed by atoms with Crippen LogP contribution in [0.15, 0.2) is 0 Å². The highest BCUT2D eigenvalue weighted by Gasteiger charge is 2.53. The molecule has 3 fully saturated rings. The van der Waals surface area contributed by atoms with E-state index in [1.807, 2.05) is 6.92 Å². The summed E-state index contributed by atoms with van der Waals surface area (Å²) in [6, 6.07) is 0. The molecule has 2 aliphatic heterocycles. The SMILES string of the molecule is CC1(COC2CCCCC23CO3)OCCO1. The Labute approximate surface area is 96.2 Å². The van der Waals surface area contributed by atoms with E-state index in [9.17, 15) is 0 Å². The zero-order valence-electron chi connectivity index (χ0n) is 9.87. The molecule has 0 aromatic heterocycles. The normalized spacial score (nSPS) is 41.4. The number of hydrogen-bond donors (Lipinski definition) is 0. The predicted octanol–water partition coefficient (Wildman–Crippen LogP) is 1.48. The molecule has 0 radical (unpaired) electrons. The molecule has 92 valence electrons. The molecular formula is C12H20O4. The second-order valence-electron chi connectivity index (χ2n) is 5.23. The molecule has 3 aliphatic rings. The topological polar surface area (TPSA) is 40.2 Å². The fraction of sp³-hybridized carbons (Fsp3) is 1.00. The van der Waals surface area contributed by atoms with Crippen LogP contribution in [0, 0.1) is 0 Å². The van der Waals surface area contributed by atoms with Gasteiger partial charge in [0, 0.05) is 0 Å². The first kappa shape index (κ1) is 11.0. The third-order valence-corrected chi connectivity index (χ3v) is 3.86. The van der Waals surface area contributed by atoms with Gasteiger partial charge in [0.2, 0.25) is 0 Å². The summed E-state index contributed by atoms with van der Waals surface area (Å²) in [5.74, 6) is -0.534. The summed E-state index contributed by atoms with van der Waals surface area (Å²) in [6.45, 7) is 4.68. The summed E-state index contributed by atoms with van der Waals surface area (Å²) >= 11 is 0. The number of ether oxygens (including phenoxy) is 4. The minimum absolute atomic E-state index is 0.0488. The van der Waals surface area contributed by atoms with Gasteiger partial charge in [-0.3, -0.25) is 0 Å². The Morgan fingerprint density at radius 3 is 2.62 bits per heavy atom. The van der Waals surface area contributed by atoms with Crippen LogP contribution in [0.1, 0.15) is 32.6 Å². The molecule has 1 aliphatic carbocycles. The molecule has 0 aromatic rings. The van der Waals surface area contributed by atoms with E-state index in [0.717, 1.165) is 19.4 Å². The second-order valence-corrected chi connectivity index (χ2v) is 5.23. The van der Waals surface area contributed by atoms with Gasteiger partial charge >= 0.3 is 0 Å². The smallest absolute Gasteiger partial charge is 0.189 e. The van der Waals surface area contributed by atoms with Crippen LogP contribution in [0.2, 0.25) is 0 Å². The average molecular weight is 228 g/mol. The van der Waals surface area contributed by atoms with Crippen LogP contribution >= 0.6 is 0 Å². The zero-order valence-corrected chi connectivity index (χ0v) is 9.87. The molecule has 0 aromatic carbocycles. The number of epoxide rings is 1.